The van der Waals surface area contributed by atoms with Gasteiger partial charge in [-0.3, -0.25) is 4.79 Å². The van der Waals surface area contributed by atoms with Crippen LogP contribution in [0.4, 0.5) is 13.2 Å². The van der Waals surface area contributed by atoms with Gasteiger partial charge in [0.1, 0.15) is 11.3 Å². The fourth-order valence-corrected chi connectivity index (χ4v) is 2.98. The van der Waals surface area contributed by atoms with E-state index in [2.05, 4.69) is 10.2 Å². The lowest BCUT2D eigenvalue weighted by Crippen LogP contribution is -2.35. The van der Waals surface area contributed by atoms with Gasteiger partial charge in [-0.2, -0.15) is 28.2 Å². The van der Waals surface area contributed by atoms with Crippen LogP contribution in [0.1, 0.15) is 48.1 Å². The number of hydrogen-bond donors (Lipinski definition) is 1. The van der Waals surface area contributed by atoms with Crippen molar-refractivity contribution in [3.63, 3.8) is 0 Å². The molecule has 154 valence electrons. The summed E-state index contributed by atoms with van der Waals surface area (Å²) < 4.78 is 38.4. The van der Waals surface area contributed by atoms with Crippen LogP contribution in [-0.2, 0) is 18.6 Å². The number of hydrogen-bond acceptors (Lipinski definition) is 4. The van der Waals surface area contributed by atoms with Crippen molar-refractivity contribution in [2.75, 3.05) is 13.1 Å². The number of aliphatic hydroxyl groups is 1. The summed E-state index contributed by atoms with van der Waals surface area (Å²) in [6.07, 6.45) is -5.54. The van der Waals surface area contributed by atoms with Crippen LogP contribution in [0, 0.1) is 6.92 Å². The number of halogens is 3. The first kappa shape index (κ1) is 21.9. The second kappa shape index (κ2) is 8.30. The lowest BCUT2D eigenvalue weighted by atomic mass is 10.0. The molecular formula is C19H25F3N4O2. The van der Waals surface area contributed by atoms with Crippen molar-refractivity contribution in [3.05, 3.63) is 46.8 Å². The lowest BCUT2D eigenvalue weighted by molar-refractivity contribution is -0.127. The molecule has 0 atom stereocenters. The minimum Gasteiger partial charge on any atom is -0.384 e. The second-order valence-corrected chi connectivity index (χ2v) is 7.12. The third-order valence-electron chi connectivity index (χ3n) is 4.28. The molecule has 0 aliphatic rings. The highest BCUT2D eigenvalue weighted by Crippen LogP contribution is 2.24. The van der Waals surface area contributed by atoms with E-state index in [4.69, 9.17) is 0 Å². The summed E-state index contributed by atoms with van der Waals surface area (Å²) >= 11 is 0. The number of rotatable bonds is 7. The summed E-state index contributed by atoms with van der Waals surface area (Å²) in [4.78, 5) is 15.6. The van der Waals surface area contributed by atoms with Crippen molar-refractivity contribution in [1.82, 2.24) is 19.9 Å². The molecule has 0 saturated carbocycles. The highest BCUT2D eigenvalue weighted by molar-refractivity contribution is 5.95. The zero-order chi connectivity index (χ0) is 21.1. The van der Waals surface area contributed by atoms with E-state index in [0.29, 0.717) is 17.9 Å². The van der Waals surface area contributed by atoms with E-state index in [9.17, 15) is 23.1 Å². The van der Waals surface area contributed by atoms with Crippen molar-refractivity contribution in [2.45, 2.75) is 52.4 Å². The van der Waals surface area contributed by atoms with E-state index in [1.54, 1.807) is 33.8 Å². The van der Waals surface area contributed by atoms with Gasteiger partial charge in [0, 0.05) is 18.7 Å². The van der Waals surface area contributed by atoms with Crippen LogP contribution in [0.15, 0.2) is 24.3 Å². The summed E-state index contributed by atoms with van der Waals surface area (Å²) in [6.45, 7) is 7.52. The molecule has 0 aliphatic heterocycles. The van der Waals surface area contributed by atoms with Gasteiger partial charge in [-0.25, -0.2) is 0 Å². The average molecular weight is 398 g/mol. The summed E-state index contributed by atoms with van der Waals surface area (Å²) in [6, 6.07) is 5.77. The molecule has 2 aromatic rings. The molecule has 1 heterocycles. The van der Waals surface area contributed by atoms with E-state index in [0.717, 1.165) is 0 Å². The Bertz CT molecular complexity index is 825. The smallest absolute Gasteiger partial charge is 0.384 e. The highest BCUT2D eigenvalue weighted by Gasteiger charge is 2.30. The third-order valence-corrected chi connectivity index (χ3v) is 4.28. The number of alkyl halides is 3. The Labute approximate surface area is 162 Å². The largest absolute Gasteiger partial charge is 0.393 e. The van der Waals surface area contributed by atoms with Gasteiger partial charge in [0.05, 0.1) is 18.7 Å². The summed E-state index contributed by atoms with van der Waals surface area (Å²) in [5, 5.41) is 18.6. The molecule has 0 fully saturated rings. The van der Waals surface area contributed by atoms with Crippen LogP contribution < -0.4 is 0 Å². The predicted octanol–water partition coefficient (Wildman–Crippen LogP) is 3.08. The maximum atomic E-state index is 12.8. The van der Waals surface area contributed by atoms with Crippen molar-refractivity contribution in [2.24, 2.45) is 0 Å². The molecule has 0 saturated heterocycles. The van der Waals surface area contributed by atoms with E-state index in [1.807, 2.05) is 0 Å². The van der Waals surface area contributed by atoms with Gasteiger partial charge in [0.15, 0.2) is 0 Å². The van der Waals surface area contributed by atoms with Crippen LogP contribution in [0.5, 0.6) is 0 Å². The number of nitrogens with zero attached hydrogens (tertiary/aromatic N) is 4. The minimum atomic E-state index is -4.39. The van der Waals surface area contributed by atoms with Gasteiger partial charge in [-0.05, 0) is 39.3 Å². The molecule has 0 radical (unpaired) electrons. The van der Waals surface area contributed by atoms with E-state index in [-0.39, 0.29) is 24.2 Å². The number of carbonyl (C=O) groups is 1. The van der Waals surface area contributed by atoms with Crippen molar-refractivity contribution >= 4 is 5.91 Å². The van der Waals surface area contributed by atoms with Crippen LogP contribution in [0.25, 0.3) is 0 Å². The van der Waals surface area contributed by atoms with Gasteiger partial charge in [0.2, 0.25) is 0 Å². The standard InChI is InChI=1S/C19H25F3N4O2/c1-5-25(10-11-26-23-13(2)16(24-26)18(3,4)28)17(27)15-9-7-6-8-14(15)12-19(20,21)22/h6-9,28H,5,10-12H2,1-4H3. The van der Waals surface area contributed by atoms with Crippen molar-refractivity contribution in [1.29, 1.82) is 0 Å². The topological polar surface area (TPSA) is 71.2 Å². The Morgan fingerprint density at radius 3 is 2.39 bits per heavy atom. The second-order valence-electron chi connectivity index (χ2n) is 7.12. The fraction of sp³-hybridized carbons (Fsp3) is 0.526. The first-order valence-corrected chi connectivity index (χ1v) is 9.01. The first-order valence-electron chi connectivity index (χ1n) is 9.01. The molecule has 1 aromatic heterocycles. The molecular weight excluding hydrogens is 373 g/mol. The number of aromatic nitrogens is 3. The quantitative estimate of drug-likeness (QED) is 0.778. The minimum absolute atomic E-state index is 0.0449. The van der Waals surface area contributed by atoms with Gasteiger partial charge < -0.3 is 10.0 Å². The lowest BCUT2D eigenvalue weighted by Gasteiger charge is -2.22. The molecule has 28 heavy (non-hydrogen) atoms. The summed E-state index contributed by atoms with van der Waals surface area (Å²) in [7, 11) is 0. The van der Waals surface area contributed by atoms with E-state index < -0.39 is 24.1 Å². The first-order chi connectivity index (χ1) is 12.9. The molecule has 1 amide bonds. The fourth-order valence-electron chi connectivity index (χ4n) is 2.98. The highest BCUT2D eigenvalue weighted by atomic mass is 19.4. The van der Waals surface area contributed by atoms with E-state index >= 15 is 0 Å². The SMILES string of the molecule is CCN(CCn1nc(C)c(C(C)(C)O)n1)C(=O)c1ccccc1CC(F)(F)F. The molecule has 1 aromatic carbocycles. The number of amides is 1. The predicted molar refractivity (Wildman–Crippen MR) is 97.8 cm³/mol. The number of carbonyl (C=O) groups excluding carboxylic acids is 1. The maximum absolute atomic E-state index is 12.8. The molecule has 0 aliphatic carbocycles. The molecule has 0 unspecified atom stereocenters. The van der Waals surface area contributed by atoms with Crippen LogP contribution >= 0.6 is 0 Å². The van der Waals surface area contributed by atoms with Gasteiger partial charge in [-0.15, -0.1) is 0 Å². The summed E-state index contributed by atoms with van der Waals surface area (Å²) in [5.41, 5.74) is -0.117. The van der Waals surface area contributed by atoms with Crippen molar-refractivity contribution in [3.8, 4) is 0 Å². The molecule has 1 N–H and O–H groups in total. The van der Waals surface area contributed by atoms with Crippen LogP contribution in [-0.4, -0.2) is 50.2 Å². The normalized spacial score (nSPS) is 12.3. The zero-order valence-corrected chi connectivity index (χ0v) is 16.4. The van der Waals surface area contributed by atoms with Gasteiger partial charge >= 0.3 is 6.18 Å². The molecule has 6 nitrogen and oxygen atoms in total. The zero-order valence-electron chi connectivity index (χ0n) is 16.4. The Kier molecular flexibility index (Phi) is 6.48. The Morgan fingerprint density at radius 2 is 1.86 bits per heavy atom. The Morgan fingerprint density at radius 1 is 1.21 bits per heavy atom. The average Bonchev–Trinajstić information content (AvgIpc) is 2.95. The Balaban J connectivity index is 2.15. The number of likely N-dealkylation sites (N-methyl/N-ethyl adjacent to an activating group) is 1. The van der Waals surface area contributed by atoms with Crippen molar-refractivity contribution < 1.29 is 23.1 Å². The molecule has 9 heteroatoms. The molecule has 0 spiro atoms. The number of benzene rings is 1. The third kappa shape index (κ3) is 5.54. The molecule has 2 rings (SSSR count). The number of aryl methyl sites for hydroxylation is 1. The summed E-state index contributed by atoms with van der Waals surface area (Å²) in [5.74, 6) is -0.464. The monoisotopic (exact) mass is 398 g/mol. The van der Waals surface area contributed by atoms with Gasteiger partial charge in [0.25, 0.3) is 5.91 Å². The maximum Gasteiger partial charge on any atom is 0.393 e. The molecule has 0 bridgehead atoms. The van der Waals surface area contributed by atoms with Crippen LogP contribution in [0.2, 0.25) is 0 Å². The van der Waals surface area contributed by atoms with E-state index in [1.165, 1.54) is 27.9 Å². The van der Waals surface area contributed by atoms with Crippen LogP contribution in [0.3, 0.4) is 0 Å². The Hall–Kier alpha value is -2.42. The van der Waals surface area contributed by atoms with Gasteiger partial charge in [-0.1, -0.05) is 18.2 Å².